The Morgan fingerprint density at radius 3 is 3.05 bits per heavy atom. The van der Waals surface area contributed by atoms with Crippen LogP contribution in [0.3, 0.4) is 0 Å². The molecule has 2 atom stereocenters. The number of amides is 1. The van der Waals surface area contributed by atoms with Gasteiger partial charge in [-0.25, -0.2) is 0 Å². The van der Waals surface area contributed by atoms with Crippen LogP contribution in [0, 0.1) is 5.92 Å². The third kappa shape index (κ3) is 2.80. The Morgan fingerprint density at radius 2 is 2.30 bits per heavy atom. The van der Waals surface area contributed by atoms with Crippen LogP contribution in [0.4, 0.5) is 0 Å². The van der Waals surface area contributed by atoms with Crippen LogP contribution in [-0.4, -0.2) is 43.6 Å². The summed E-state index contributed by atoms with van der Waals surface area (Å²) in [4.78, 5) is 14.3. The Balaban J connectivity index is 1.57. The second-order valence-electron chi connectivity index (χ2n) is 5.85. The van der Waals surface area contributed by atoms with E-state index in [-0.39, 0.29) is 12.0 Å². The lowest BCUT2D eigenvalue weighted by atomic mass is 9.99. The first-order valence-corrected chi connectivity index (χ1v) is 7.44. The zero-order valence-electron chi connectivity index (χ0n) is 12.0. The highest BCUT2D eigenvalue weighted by atomic mass is 16.5. The molecule has 2 unspecified atom stereocenters. The maximum Gasteiger partial charge on any atom is 0.263 e. The van der Waals surface area contributed by atoms with Crippen LogP contribution in [0.2, 0.25) is 0 Å². The van der Waals surface area contributed by atoms with Crippen LogP contribution >= 0.6 is 0 Å². The number of para-hydroxylation sites is 1. The topological polar surface area (TPSA) is 41.6 Å². The van der Waals surface area contributed by atoms with Gasteiger partial charge in [0.15, 0.2) is 6.10 Å². The molecule has 0 aromatic heterocycles. The van der Waals surface area contributed by atoms with Crippen LogP contribution in [0.25, 0.3) is 0 Å². The van der Waals surface area contributed by atoms with Gasteiger partial charge in [0.2, 0.25) is 0 Å². The number of carbonyl (C=O) groups excluding carboxylic acids is 1. The molecular weight excluding hydrogens is 252 g/mol. The molecule has 2 aliphatic heterocycles. The molecule has 1 aromatic carbocycles. The van der Waals surface area contributed by atoms with Gasteiger partial charge in [0, 0.05) is 20.0 Å². The number of rotatable bonds is 3. The molecule has 4 nitrogen and oxygen atoms in total. The van der Waals surface area contributed by atoms with E-state index >= 15 is 0 Å². The van der Waals surface area contributed by atoms with E-state index in [1.165, 1.54) is 12.8 Å². The number of hydrogen-bond acceptors (Lipinski definition) is 3. The molecular formula is C16H22N2O2. The fourth-order valence-electron chi connectivity index (χ4n) is 3.12. The van der Waals surface area contributed by atoms with Crippen LogP contribution in [0.5, 0.6) is 5.75 Å². The molecule has 1 aromatic rings. The molecule has 1 amide bonds. The molecule has 0 radical (unpaired) electrons. The number of likely N-dealkylation sites (N-methyl/N-ethyl adjacent to an activating group) is 1. The molecule has 4 heteroatoms. The van der Waals surface area contributed by atoms with Gasteiger partial charge in [-0.3, -0.25) is 4.79 Å². The molecule has 0 saturated carbocycles. The smallest absolute Gasteiger partial charge is 0.263 e. The third-order valence-corrected chi connectivity index (χ3v) is 4.23. The highest BCUT2D eigenvalue weighted by molar-refractivity contribution is 5.82. The molecule has 2 aliphatic rings. The number of nitrogens with zero attached hydrogens (tertiary/aromatic N) is 1. The van der Waals surface area contributed by atoms with Gasteiger partial charge >= 0.3 is 0 Å². The second kappa shape index (κ2) is 5.83. The fourth-order valence-corrected chi connectivity index (χ4v) is 3.12. The first-order valence-electron chi connectivity index (χ1n) is 7.44. The summed E-state index contributed by atoms with van der Waals surface area (Å²) >= 11 is 0. The number of carbonyl (C=O) groups is 1. The highest BCUT2D eigenvalue weighted by Crippen LogP contribution is 2.29. The van der Waals surface area contributed by atoms with Gasteiger partial charge in [-0.1, -0.05) is 18.2 Å². The SMILES string of the molecule is CN(CC1CCCNC1)C(=O)C1Cc2ccccc2O1. The Kier molecular flexibility index (Phi) is 3.92. The van der Waals surface area contributed by atoms with E-state index in [0.717, 1.165) is 30.9 Å². The second-order valence-corrected chi connectivity index (χ2v) is 5.85. The van der Waals surface area contributed by atoms with Crippen molar-refractivity contribution in [1.82, 2.24) is 10.2 Å². The predicted molar refractivity (Wildman–Crippen MR) is 77.8 cm³/mol. The van der Waals surface area contributed by atoms with Gasteiger partial charge in [-0.05, 0) is 43.5 Å². The Labute approximate surface area is 120 Å². The Bertz CT molecular complexity index is 458. The van der Waals surface area contributed by atoms with Crippen molar-refractivity contribution in [3.05, 3.63) is 29.8 Å². The molecule has 1 fully saturated rings. The molecule has 0 bridgehead atoms. The lowest BCUT2D eigenvalue weighted by molar-refractivity contribution is -0.137. The quantitative estimate of drug-likeness (QED) is 0.907. The molecule has 0 spiro atoms. The number of benzene rings is 1. The fraction of sp³-hybridized carbons (Fsp3) is 0.562. The number of hydrogen-bond donors (Lipinski definition) is 1. The molecule has 1 saturated heterocycles. The van der Waals surface area contributed by atoms with Crippen LogP contribution in [0.1, 0.15) is 18.4 Å². The van der Waals surface area contributed by atoms with Gasteiger partial charge in [0.25, 0.3) is 5.91 Å². The lowest BCUT2D eigenvalue weighted by Gasteiger charge is -2.28. The molecule has 20 heavy (non-hydrogen) atoms. The standard InChI is InChI=1S/C16H22N2O2/c1-18(11-12-5-4-8-17-10-12)16(19)15-9-13-6-2-3-7-14(13)20-15/h2-3,6-7,12,15,17H,4-5,8-11H2,1H3. The first kappa shape index (κ1) is 13.4. The summed E-state index contributed by atoms with van der Waals surface area (Å²) in [6.07, 6.45) is 2.77. The summed E-state index contributed by atoms with van der Waals surface area (Å²) < 4.78 is 5.77. The van der Waals surface area contributed by atoms with Crippen molar-refractivity contribution < 1.29 is 9.53 Å². The van der Waals surface area contributed by atoms with E-state index in [1.54, 1.807) is 0 Å². The summed E-state index contributed by atoms with van der Waals surface area (Å²) in [6.45, 7) is 2.95. The molecule has 108 valence electrons. The Morgan fingerprint density at radius 1 is 1.45 bits per heavy atom. The van der Waals surface area contributed by atoms with Gasteiger partial charge in [-0.2, -0.15) is 0 Å². The number of nitrogens with one attached hydrogen (secondary N) is 1. The summed E-state index contributed by atoms with van der Waals surface area (Å²) in [6, 6.07) is 7.91. The summed E-state index contributed by atoms with van der Waals surface area (Å²) in [5.74, 6) is 1.53. The van der Waals surface area contributed by atoms with Crippen LogP contribution in [-0.2, 0) is 11.2 Å². The predicted octanol–water partition coefficient (Wildman–Crippen LogP) is 1.45. The summed E-state index contributed by atoms with van der Waals surface area (Å²) in [5, 5.41) is 3.39. The zero-order valence-corrected chi connectivity index (χ0v) is 12.0. The monoisotopic (exact) mass is 274 g/mol. The van der Waals surface area contributed by atoms with Crippen molar-refractivity contribution in [2.45, 2.75) is 25.4 Å². The van der Waals surface area contributed by atoms with Gasteiger partial charge in [0.05, 0.1) is 0 Å². The molecule has 1 N–H and O–H groups in total. The molecule has 2 heterocycles. The maximum atomic E-state index is 12.5. The van der Waals surface area contributed by atoms with Crippen molar-refractivity contribution >= 4 is 5.91 Å². The van der Waals surface area contributed by atoms with E-state index in [1.807, 2.05) is 36.2 Å². The molecule has 3 rings (SSSR count). The van der Waals surface area contributed by atoms with E-state index in [0.29, 0.717) is 12.3 Å². The first-order chi connectivity index (χ1) is 9.74. The Hall–Kier alpha value is -1.55. The van der Waals surface area contributed by atoms with Crippen molar-refractivity contribution in [3.63, 3.8) is 0 Å². The van der Waals surface area contributed by atoms with E-state index < -0.39 is 0 Å². The third-order valence-electron chi connectivity index (χ3n) is 4.23. The average Bonchev–Trinajstić information content (AvgIpc) is 2.91. The minimum absolute atomic E-state index is 0.103. The number of piperidine rings is 1. The summed E-state index contributed by atoms with van der Waals surface area (Å²) in [5.41, 5.74) is 1.14. The van der Waals surface area contributed by atoms with E-state index in [9.17, 15) is 4.79 Å². The van der Waals surface area contributed by atoms with Crippen LogP contribution in [0.15, 0.2) is 24.3 Å². The van der Waals surface area contributed by atoms with E-state index in [2.05, 4.69) is 5.32 Å². The lowest BCUT2D eigenvalue weighted by Crippen LogP contribution is -2.44. The average molecular weight is 274 g/mol. The van der Waals surface area contributed by atoms with Crippen molar-refractivity contribution in [1.29, 1.82) is 0 Å². The van der Waals surface area contributed by atoms with E-state index in [4.69, 9.17) is 4.74 Å². The normalized spacial score (nSPS) is 24.9. The minimum atomic E-state index is -0.339. The maximum absolute atomic E-state index is 12.5. The van der Waals surface area contributed by atoms with Gasteiger partial charge in [-0.15, -0.1) is 0 Å². The largest absolute Gasteiger partial charge is 0.480 e. The number of ether oxygens (including phenoxy) is 1. The van der Waals surface area contributed by atoms with Gasteiger partial charge < -0.3 is 15.0 Å². The van der Waals surface area contributed by atoms with Crippen molar-refractivity contribution in [3.8, 4) is 5.75 Å². The molecule has 0 aliphatic carbocycles. The van der Waals surface area contributed by atoms with Crippen molar-refractivity contribution in [2.75, 3.05) is 26.7 Å². The van der Waals surface area contributed by atoms with Crippen LogP contribution < -0.4 is 10.1 Å². The summed E-state index contributed by atoms with van der Waals surface area (Å²) in [7, 11) is 1.89. The van der Waals surface area contributed by atoms with Gasteiger partial charge in [0.1, 0.15) is 5.75 Å². The minimum Gasteiger partial charge on any atom is -0.480 e. The highest BCUT2D eigenvalue weighted by Gasteiger charge is 2.31. The van der Waals surface area contributed by atoms with Crippen molar-refractivity contribution in [2.24, 2.45) is 5.92 Å². The zero-order chi connectivity index (χ0) is 13.9. The number of fused-ring (bicyclic) bond motifs is 1.